The maximum absolute atomic E-state index is 13.9. The zero-order chi connectivity index (χ0) is 26.8. The van der Waals surface area contributed by atoms with Crippen molar-refractivity contribution in [1.82, 2.24) is 14.8 Å². The van der Waals surface area contributed by atoms with Gasteiger partial charge in [0.15, 0.2) is 5.82 Å². The minimum Gasteiger partial charge on any atom is -0.497 e. The van der Waals surface area contributed by atoms with Crippen molar-refractivity contribution in [3.8, 4) is 28.6 Å². The molecule has 0 saturated heterocycles. The number of fused-ring (bicyclic) bond motifs is 1. The molecule has 0 bridgehead atoms. The molecule has 0 spiro atoms. The molecule has 3 aromatic carbocycles. The summed E-state index contributed by atoms with van der Waals surface area (Å²) in [6.45, 7) is 3.88. The molecule has 4 aromatic rings. The van der Waals surface area contributed by atoms with Crippen molar-refractivity contribution < 1.29 is 19.0 Å². The number of anilines is 2. The molecule has 1 aliphatic rings. The van der Waals surface area contributed by atoms with E-state index < -0.39 is 6.04 Å². The van der Waals surface area contributed by atoms with Crippen molar-refractivity contribution in [3.63, 3.8) is 0 Å². The van der Waals surface area contributed by atoms with Gasteiger partial charge in [-0.15, -0.1) is 5.10 Å². The highest BCUT2D eigenvalue weighted by molar-refractivity contribution is 6.06. The van der Waals surface area contributed by atoms with E-state index in [1.807, 2.05) is 62.4 Å². The first-order valence-electron chi connectivity index (χ1n) is 12.1. The normalized spacial score (nSPS) is 14.4. The van der Waals surface area contributed by atoms with Gasteiger partial charge in [-0.2, -0.15) is 4.98 Å². The fraction of sp³-hybridized carbons (Fsp3) is 0.207. The van der Waals surface area contributed by atoms with E-state index >= 15 is 0 Å². The molecule has 0 aliphatic carbocycles. The van der Waals surface area contributed by atoms with Gasteiger partial charge in [0.2, 0.25) is 5.95 Å². The SMILES string of the molecule is COc1ccc(C2C(C(=O)Nc3ccccc3OC)=C(C)Nc3nc(-c4ccc(C)cc4)nn32)c(OC)c1. The number of aryl methyl sites for hydroxylation is 1. The van der Waals surface area contributed by atoms with Gasteiger partial charge in [-0.05, 0) is 38.1 Å². The minimum atomic E-state index is -0.631. The van der Waals surface area contributed by atoms with E-state index in [2.05, 4.69) is 10.6 Å². The number of nitrogens with one attached hydrogen (secondary N) is 2. The van der Waals surface area contributed by atoms with Crippen LogP contribution in [0.4, 0.5) is 11.6 Å². The number of rotatable bonds is 7. The van der Waals surface area contributed by atoms with Gasteiger partial charge in [0.25, 0.3) is 5.91 Å². The lowest BCUT2D eigenvalue weighted by molar-refractivity contribution is -0.113. The van der Waals surface area contributed by atoms with Gasteiger partial charge in [-0.1, -0.05) is 42.0 Å². The van der Waals surface area contributed by atoms with Gasteiger partial charge in [0.1, 0.15) is 23.3 Å². The number of hydrogen-bond donors (Lipinski definition) is 2. The number of ether oxygens (including phenoxy) is 3. The molecule has 1 aromatic heterocycles. The van der Waals surface area contributed by atoms with Crippen LogP contribution in [0.3, 0.4) is 0 Å². The Labute approximate surface area is 221 Å². The number of para-hydroxylation sites is 2. The van der Waals surface area contributed by atoms with E-state index in [1.54, 1.807) is 44.2 Å². The summed E-state index contributed by atoms with van der Waals surface area (Å²) in [5, 5.41) is 11.1. The van der Waals surface area contributed by atoms with Gasteiger partial charge < -0.3 is 24.8 Å². The maximum atomic E-state index is 13.9. The van der Waals surface area contributed by atoms with Crippen molar-refractivity contribution in [2.24, 2.45) is 0 Å². The zero-order valence-corrected chi connectivity index (χ0v) is 21.9. The van der Waals surface area contributed by atoms with E-state index in [0.29, 0.717) is 46.0 Å². The Hall–Kier alpha value is -4.79. The fourth-order valence-corrected chi connectivity index (χ4v) is 4.54. The van der Waals surface area contributed by atoms with Crippen LogP contribution in [0.2, 0.25) is 0 Å². The average molecular weight is 512 g/mol. The predicted octanol–water partition coefficient (Wildman–Crippen LogP) is 5.21. The van der Waals surface area contributed by atoms with E-state index in [0.717, 1.165) is 16.7 Å². The third-order valence-corrected chi connectivity index (χ3v) is 6.50. The molecule has 5 rings (SSSR count). The molecule has 0 radical (unpaired) electrons. The largest absolute Gasteiger partial charge is 0.497 e. The number of carbonyl (C=O) groups excluding carboxylic acids is 1. The Balaban J connectivity index is 1.64. The molecule has 194 valence electrons. The van der Waals surface area contributed by atoms with Crippen molar-refractivity contribution in [1.29, 1.82) is 0 Å². The third-order valence-electron chi connectivity index (χ3n) is 6.50. The van der Waals surface area contributed by atoms with Crippen LogP contribution in [0.15, 0.2) is 78.0 Å². The summed E-state index contributed by atoms with van der Waals surface area (Å²) in [6.07, 6.45) is 0. The highest BCUT2D eigenvalue weighted by atomic mass is 16.5. The average Bonchev–Trinajstić information content (AvgIpc) is 3.36. The highest BCUT2D eigenvalue weighted by Gasteiger charge is 2.36. The second kappa shape index (κ2) is 10.3. The Morgan fingerprint density at radius 2 is 1.66 bits per heavy atom. The van der Waals surface area contributed by atoms with E-state index in [1.165, 1.54) is 0 Å². The van der Waals surface area contributed by atoms with E-state index in [9.17, 15) is 4.79 Å². The molecular weight excluding hydrogens is 482 g/mol. The molecule has 9 heteroatoms. The number of methoxy groups -OCH3 is 3. The lowest BCUT2D eigenvalue weighted by atomic mass is 9.94. The van der Waals surface area contributed by atoms with Crippen molar-refractivity contribution >= 4 is 17.5 Å². The lowest BCUT2D eigenvalue weighted by Crippen LogP contribution is -2.31. The van der Waals surface area contributed by atoms with Crippen LogP contribution in [0, 0.1) is 6.92 Å². The Bertz CT molecular complexity index is 1520. The molecule has 9 nitrogen and oxygen atoms in total. The summed E-state index contributed by atoms with van der Waals surface area (Å²) in [5.74, 6) is 2.52. The molecule has 2 heterocycles. The molecule has 1 aliphatic heterocycles. The van der Waals surface area contributed by atoms with E-state index in [-0.39, 0.29) is 5.91 Å². The van der Waals surface area contributed by atoms with Gasteiger partial charge in [0.05, 0.1) is 32.6 Å². The molecule has 0 saturated carbocycles. The van der Waals surface area contributed by atoms with Crippen LogP contribution in [0.1, 0.15) is 24.1 Å². The smallest absolute Gasteiger partial charge is 0.255 e. The summed E-state index contributed by atoms with van der Waals surface area (Å²) in [7, 11) is 4.75. The van der Waals surface area contributed by atoms with Gasteiger partial charge in [-0.25, -0.2) is 4.68 Å². The van der Waals surface area contributed by atoms with Crippen molar-refractivity contribution in [2.45, 2.75) is 19.9 Å². The third kappa shape index (κ3) is 4.54. The standard InChI is InChI=1S/C29H29N5O4/c1-17-10-12-19(13-11-17)27-32-29-30-18(2)25(28(35)31-22-8-6-7-9-23(22)37-4)26(34(29)33-27)21-15-14-20(36-3)16-24(21)38-5/h6-16,26H,1-5H3,(H,31,35)(H,30,32,33). The second-order valence-electron chi connectivity index (χ2n) is 8.90. The molecule has 38 heavy (non-hydrogen) atoms. The van der Waals surface area contributed by atoms with Crippen molar-refractivity contribution in [2.75, 3.05) is 32.0 Å². The summed E-state index contributed by atoms with van der Waals surface area (Å²) in [4.78, 5) is 18.6. The number of amides is 1. The van der Waals surface area contributed by atoms with E-state index in [4.69, 9.17) is 24.3 Å². The topological polar surface area (TPSA) is 99.5 Å². The highest BCUT2D eigenvalue weighted by Crippen LogP contribution is 2.41. The molecule has 2 N–H and O–H groups in total. The number of hydrogen-bond acceptors (Lipinski definition) is 7. The fourth-order valence-electron chi connectivity index (χ4n) is 4.54. The number of aromatic nitrogens is 3. The Morgan fingerprint density at radius 1 is 0.921 bits per heavy atom. The van der Waals surface area contributed by atoms with Crippen LogP contribution in [0.25, 0.3) is 11.4 Å². The zero-order valence-electron chi connectivity index (χ0n) is 21.9. The first kappa shape index (κ1) is 24.9. The molecule has 1 atom stereocenters. The Kier molecular flexibility index (Phi) is 6.74. The second-order valence-corrected chi connectivity index (χ2v) is 8.90. The number of allylic oxidation sites excluding steroid dienone is 1. The predicted molar refractivity (Wildman–Crippen MR) is 146 cm³/mol. The lowest BCUT2D eigenvalue weighted by Gasteiger charge is -2.29. The van der Waals surface area contributed by atoms with Crippen LogP contribution >= 0.6 is 0 Å². The Morgan fingerprint density at radius 3 is 2.37 bits per heavy atom. The monoisotopic (exact) mass is 511 g/mol. The van der Waals surface area contributed by atoms with Crippen LogP contribution in [0.5, 0.6) is 17.2 Å². The van der Waals surface area contributed by atoms with Crippen LogP contribution in [-0.2, 0) is 4.79 Å². The molecular formula is C29H29N5O4. The molecule has 1 unspecified atom stereocenters. The first-order valence-corrected chi connectivity index (χ1v) is 12.1. The maximum Gasteiger partial charge on any atom is 0.255 e. The summed E-state index contributed by atoms with van der Waals surface area (Å²) in [6, 6.07) is 20.2. The van der Waals surface area contributed by atoms with Crippen LogP contribution in [-0.4, -0.2) is 42.0 Å². The summed E-state index contributed by atoms with van der Waals surface area (Å²) in [5.41, 5.74) is 4.43. The molecule has 1 amide bonds. The number of benzene rings is 3. The number of carbonyl (C=O) groups is 1. The van der Waals surface area contributed by atoms with Gasteiger partial charge in [-0.3, -0.25) is 4.79 Å². The molecule has 0 fully saturated rings. The van der Waals surface area contributed by atoms with Crippen LogP contribution < -0.4 is 24.8 Å². The minimum absolute atomic E-state index is 0.305. The summed E-state index contributed by atoms with van der Waals surface area (Å²) < 4.78 is 18.3. The first-order chi connectivity index (χ1) is 18.4. The van der Waals surface area contributed by atoms with Crippen molar-refractivity contribution in [3.05, 3.63) is 89.1 Å². The summed E-state index contributed by atoms with van der Waals surface area (Å²) >= 11 is 0. The van der Waals surface area contributed by atoms with Gasteiger partial charge in [0, 0.05) is 22.9 Å². The van der Waals surface area contributed by atoms with Gasteiger partial charge >= 0.3 is 0 Å². The quantitative estimate of drug-likeness (QED) is 0.352. The number of nitrogens with zero attached hydrogens (tertiary/aromatic N) is 3.